The molecule has 0 unspecified atom stereocenters. The monoisotopic (exact) mass is 318 g/mol. The van der Waals surface area contributed by atoms with Gasteiger partial charge in [-0.1, -0.05) is 5.16 Å². The topological polar surface area (TPSA) is 89.3 Å². The molecule has 2 amide bonds. The number of rotatable bonds is 5. The summed E-state index contributed by atoms with van der Waals surface area (Å²) >= 11 is 0. The molecule has 0 fully saturated rings. The smallest absolute Gasteiger partial charge is 0.320 e. The molecule has 124 valence electrons. The van der Waals surface area contributed by atoms with E-state index in [0.29, 0.717) is 18.0 Å². The van der Waals surface area contributed by atoms with Crippen molar-refractivity contribution < 1.29 is 14.1 Å². The summed E-state index contributed by atoms with van der Waals surface area (Å²) in [5.74, 6) is 1.69. The minimum absolute atomic E-state index is 0.0809. The third-order valence-corrected chi connectivity index (χ3v) is 3.52. The van der Waals surface area contributed by atoms with Gasteiger partial charge in [0, 0.05) is 17.3 Å². The Labute approximate surface area is 135 Å². The van der Waals surface area contributed by atoms with Gasteiger partial charge in [-0.2, -0.15) is 0 Å². The Hall–Kier alpha value is -2.57. The molecule has 0 aliphatic heterocycles. The molecule has 2 heterocycles. The number of carbonyl (C=O) groups is 1. The van der Waals surface area contributed by atoms with Crippen LogP contribution in [0.2, 0.25) is 0 Å². The first-order valence-corrected chi connectivity index (χ1v) is 7.41. The summed E-state index contributed by atoms with van der Waals surface area (Å²) in [6.45, 7) is 7.53. The van der Waals surface area contributed by atoms with E-state index in [1.165, 1.54) is 7.11 Å². The third kappa shape index (κ3) is 4.21. The number of urea groups is 1. The van der Waals surface area contributed by atoms with Crippen molar-refractivity contribution in [3.8, 4) is 5.75 Å². The van der Waals surface area contributed by atoms with Crippen LogP contribution in [0.4, 0.5) is 10.6 Å². The van der Waals surface area contributed by atoms with Gasteiger partial charge in [-0.05, 0) is 46.2 Å². The molecule has 2 rings (SSSR count). The van der Waals surface area contributed by atoms with Crippen LogP contribution in [0.5, 0.6) is 5.75 Å². The highest BCUT2D eigenvalue weighted by Gasteiger charge is 2.16. The van der Waals surface area contributed by atoms with Gasteiger partial charge in [0.15, 0.2) is 11.6 Å². The van der Waals surface area contributed by atoms with Crippen molar-refractivity contribution >= 4 is 11.8 Å². The fraction of sp³-hybridized carbons (Fsp3) is 0.438. The number of anilines is 1. The minimum atomic E-state index is -0.333. The zero-order valence-corrected chi connectivity index (χ0v) is 14.1. The summed E-state index contributed by atoms with van der Waals surface area (Å²) in [6, 6.07) is 3.18. The van der Waals surface area contributed by atoms with Crippen LogP contribution in [-0.2, 0) is 6.42 Å². The average molecular weight is 318 g/mol. The van der Waals surface area contributed by atoms with Crippen LogP contribution >= 0.6 is 0 Å². The fourth-order valence-corrected chi connectivity index (χ4v) is 2.32. The molecular formula is C16H22N4O3. The van der Waals surface area contributed by atoms with Crippen molar-refractivity contribution in [2.24, 2.45) is 0 Å². The maximum atomic E-state index is 12.1. The van der Waals surface area contributed by atoms with E-state index in [1.807, 2.05) is 33.8 Å². The predicted octanol–water partition coefficient (Wildman–Crippen LogP) is 2.76. The molecule has 23 heavy (non-hydrogen) atoms. The number of nitrogens with one attached hydrogen (secondary N) is 2. The molecule has 0 saturated heterocycles. The number of aromatic nitrogens is 2. The highest BCUT2D eigenvalue weighted by atomic mass is 16.5. The fourth-order valence-electron chi connectivity index (χ4n) is 2.32. The molecule has 7 nitrogen and oxygen atoms in total. The number of methoxy groups -OCH3 is 1. The molecule has 0 spiro atoms. The van der Waals surface area contributed by atoms with Crippen molar-refractivity contribution in [1.82, 2.24) is 15.5 Å². The van der Waals surface area contributed by atoms with Gasteiger partial charge in [-0.3, -0.25) is 5.32 Å². The van der Waals surface area contributed by atoms with Crippen LogP contribution in [0.3, 0.4) is 0 Å². The Morgan fingerprint density at radius 1 is 1.35 bits per heavy atom. The second kappa shape index (κ2) is 7.13. The molecule has 2 N–H and O–H groups in total. The van der Waals surface area contributed by atoms with Crippen molar-refractivity contribution in [3.05, 3.63) is 34.8 Å². The zero-order valence-electron chi connectivity index (χ0n) is 14.1. The van der Waals surface area contributed by atoms with Gasteiger partial charge in [-0.25, -0.2) is 9.78 Å². The second-order valence-electron chi connectivity index (χ2n) is 5.51. The lowest BCUT2D eigenvalue weighted by Gasteiger charge is -2.15. The van der Waals surface area contributed by atoms with Crippen molar-refractivity contribution in [1.29, 1.82) is 0 Å². The van der Waals surface area contributed by atoms with E-state index >= 15 is 0 Å². The predicted molar refractivity (Wildman–Crippen MR) is 86.8 cm³/mol. The molecule has 0 saturated carbocycles. The molecular weight excluding hydrogens is 296 g/mol. The summed E-state index contributed by atoms with van der Waals surface area (Å²) in [7, 11) is 1.54. The normalized spacial score (nSPS) is 11.9. The molecule has 7 heteroatoms. The molecule has 1 atom stereocenters. The first-order valence-electron chi connectivity index (χ1n) is 7.41. The minimum Gasteiger partial charge on any atom is -0.493 e. The number of pyridine rings is 1. The van der Waals surface area contributed by atoms with Gasteiger partial charge in [0.05, 0.1) is 12.8 Å². The number of hydrogen-bond donors (Lipinski definition) is 2. The van der Waals surface area contributed by atoms with Crippen molar-refractivity contribution in [2.75, 3.05) is 12.4 Å². The first kappa shape index (κ1) is 16.8. The zero-order chi connectivity index (χ0) is 17.0. The lowest BCUT2D eigenvalue weighted by Crippen LogP contribution is -2.37. The van der Waals surface area contributed by atoms with Crippen LogP contribution < -0.4 is 15.4 Å². The Bertz CT molecular complexity index is 677. The highest BCUT2D eigenvalue weighted by Crippen LogP contribution is 2.21. The number of hydrogen-bond acceptors (Lipinski definition) is 5. The quantitative estimate of drug-likeness (QED) is 0.885. The summed E-state index contributed by atoms with van der Waals surface area (Å²) in [5.41, 5.74) is 2.66. The van der Waals surface area contributed by atoms with Gasteiger partial charge >= 0.3 is 6.03 Å². The van der Waals surface area contributed by atoms with Crippen LogP contribution in [0.1, 0.15) is 29.6 Å². The molecule has 0 bridgehead atoms. The molecule has 0 aromatic carbocycles. The molecule has 2 aromatic heterocycles. The van der Waals surface area contributed by atoms with Crippen molar-refractivity contribution in [3.63, 3.8) is 0 Å². The standard InChI is InChI=1S/C16H22N4O3/c1-9-6-7-14(22-5)15(17-9)19-16(21)18-10(2)8-13-11(3)20-23-12(13)4/h6-7,10H,8H2,1-5H3,(H2,17,18,19,21)/t10-/m0/s1. The van der Waals surface area contributed by atoms with Gasteiger partial charge < -0.3 is 14.6 Å². The number of nitrogens with zero attached hydrogens (tertiary/aromatic N) is 2. The van der Waals surface area contributed by atoms with E-state index in [-0.39, 0.29) is 12.1 Å². The van der Waals surface area contributed by atoms with Crippen LogP contribution in [-0.4, -0.2) is 29.3 Å². The van der Waals surface area contributed by atoms with E-state index in [0.717, 1.165) is 22.7 Å². The summed E-state index contributed by atoms with van der Waals surface area (Å²) in [4.78, 5) is 16.4. The summed E-state index contributed by atoms with van der Waals surface area (Å²) in [6.07, 6.45) is 0.646. The average Bonchev–Trinajstić information content (AvgIpc) is 2.79. The van der Waals surface area contributed by atoms with E-state index in [4.69, 9.17) is 9.26 Å². The lowest BCUT2D eigenvalue weighted by molar-refractivity contribution is 0.249. The van der Waals surface area contributed by atoms with E-state index in [1.54, 1.807) is 6.07 Å². The second-order valence-corrected chi connectivity index (χ2v) is 5.51. The maximum Gasteiger partial charge on any atom is 0.320 e. The maximum absolute atomic E-state index is 12.1. The van der Waals surface area contributed by atoms with Gasteiger partial charge in [0.1, 0.15) is 5.76 Å². The molecule has 0 aliphatic carbocycles. The van der Waals surface area contributed by atoms with Gasteiger partial charge in [0.25, 0.3) is 0 Å². The largest absolute Gasteiger partial charge is 0.493 e. The summed E-state index contributed by atoms with van der Waals surface area (Å²) < 4.78 is 10.3. The van der Waals surface area contributed by atoms with Crippen molar-refractivity contribution in [2.45, 2.75) is 40.2 Å². The molecule has 2 aromatic rings. The Kier molecular flexibility index (Phi) is 5.20. The first-order chi connectivity index (χ1) is 10.9. The van der Waals surface area contributed by atoms with Crippen LogP contribution in [0, 0.1) is 20.8 Å². The summed E-state index contributed by atoms with van der Waals surface area (Å²) in [5, 5.41) is 9.51. The van der Waals surface area contributed by atoms with E-state index < -0.39 is 0 Å². The molecule has 0 radical (unpaired) electrons. The van der Waals surface area contributed by atoms with E-state index in [2.05, 4.69) is 20.8 Å². The van der Waals surface area contributed by atoms with Gasteiger partial charge in [-0.15, -0.1) is 0 Å². The number of ether oxygens (including phenoxy) is 1. The highest BCUT2D eigenvalue weighted by molar-refractivity contribution is 5.89. The number of amides is 2. The van der Waals surface area contributed by atoms with Crippen LogP contribution in [0.15, 0.2) is 16.7 Å². The Balaban J connectivity index is 1.98. The molecule has 0 aliphatic rings. The van der Waals surface area contributed by atoms with E-state index in [9.17, 15) is 4.79 Å². The van der Waals surface area contributed by atoms with Crippen LogP contribution in [0.25, 0.3) is 0 Å². The Morgan fingerprint density at radius 3 is 2.70 bits per heavy atom. The third-order valence-electron chi connectivity index (χ3n) is 3.52. The van der Waals surface area contributed by atoms with Gasteiger partial charge in [0.2, 0.25) is 0 Å². The SMILES string of the molecule is COc1ccc(C)nc1NC(=O)N[C@@H](C)Cc1c(C)noc1C. The number of aryl methyl sites for hydroxylation is 3. The lowest BCUT2D eigenvalue weighted by atomic mass is 10.1. The Morgan fingerprint density at radius 2 is 2.09 bits per heavy atom. The number of carbonyl (C=O) groups excluding carboxylic acids is 1.